The van der Waals surface area contributed by atoms with Crippen LogP contribution in [0.15, 0.2) is 36.7 Å². The van der Waals surface area contributed by atoms with Gasteiger partial charge >= 0.3 is 0 Å². The highest BCUT2D eigenvalue weighted by atomic mass is 16.3. The van der Waals surface area contributed by atoms with Gasteiger partial charge < -0.3 is 25.6 Å². The first kappa shape index (κ1) is 24.1. The molecular formula is C28H40N6O. The molecule has 2 aromatic heterocycles. The molecule has 1 aliphatic carbocycles. The van der Waals surface area contributed by atoms with E-state index in [4.69, 9.17) is 4.98 Å². The minimum Gasteiger partial charge on any atom is -0.393 e. The molecule has 1 aromatic carbocycles. The number of aliphatic hydroxyl groups is 1. The number of nitrogens with zero attached hydrogens (tertiary/aromatic N) is 3. The number of aliphatic hydroxyl groups excluding tert-OH is 1. The summed E-state index contributed by atoms with van der Waals surface area (Å²) in [6.45, 7) is 6.55. The van der Waals surface area contributed by atoms with Gasteiger partial charge in [0.1, 0.15) is 5.65 Å². The van der Waals surface area contributed by atoms with Crippen molar-refractivity contribution in [3.8, 4) is 11.1 Å². The molecule has 0 amide bonds. The lowest BCUT2D eigenvalue weighted by Crippen LogP contribution is -2.35. The Morgan fingerprint density at radius 2 is 1.83 bits per heavy atom. The van der Waals surface area contributed by atoms with Gasteiger partial charge in [-0.05, 0) is 82.7 Å². The third kappa shape index (κ3) is 5.62. The first-order chi connectivity index (χ1) is 17.1. The van der Waals surface area contributed by atoms with Gasteiger partial charge in [0.25, 0.3) is 0 Å². The second kappa shape index (κ2) is 11.0. The molecule has 3 aromatic rings. The number of benzene rings is 1. The van der Waals surface area contributed by atoms with E-state index in [0.717, 1.165) is 75.5 Å². The molecule has 1 saturated heterocycles. The fraction of sp³-hybridized carbons (Fsp3) is 0.571. The van der Waals surface area contributed by atoms with Crippen LogP contribution in [0.1, 0.15) is 71.3 Å². The average molecular weight is 477 g/mol. The Labute approximate surface area is 208 Å². The summed E-state index contributed by atoms with van der Waals surface area (Å²) in [5.41, 5.74) is 4.52. The Hall–Kier alpha value is -2.64. The molecule has 1 aliphatic heterocycles. The summed E-state index contributed by atoms with van der Waals surface area (Å²) in [4.78, 5) is 9.68. The van der Waals surface area contributed by atoms with Crippen LogP contribution in [0.25, 0.3) is 22.2 Å². The first-order valence-corrected chi connectivity index (χ1v) is 13.5. The van der Waals surface area contributed by atoms with Crippen LogP contribution >= 0.6 is 0 Å². The summed E-state index contributed by atoms with van der Waals surface area (Å²) in [5.74, 6) is 0.696. The second-order valence-corrected chi connectivity index (χ2v) is 10.4. The van der Waals surface area contributed by atoms with Crippen LogP contribution in [0, 0.1) is 0 Å². The van der Waals surface area contributed by atoms with E-state index < -0.39 is 0 Å². The maximum absolute atomic E-state index is 10.1. The molecule has 5 rings (SSSR count). The van der Waals surface area contributed by atoms with Crippen molar-refractivity contribution in [1.29, 1.82) is 0 Å². The molecule has 0 unspecified atom stereocenters. The highest BCUT2D eigenvalue weighted by molar-refractivity contribution is 5.94. The van der Waals surface area contributed by atoms with Crippen LogP contribution in [0.4, 0.5) is 11.6 Å². The van der Waals surface area contributed by atoms with E-state index in [1.54, 1.807) is 0 Å². The summed E-state index contributed by atoms with van der Waals surface area (Å²) in [6, 6.07) is 10.0. The molecule has 0 radical (unpaired) electrons. The van der Waals surface area contributed by atoms with E-state index in [1.807, 2.05) is 6.20 Å². The minimum atomic E-state index is -0.172. The van der Waals surface area contributed by atoms with Crippen LogP contribution in [0.2, 0.25) is 0 Å². The Bertz CT molecular complexity index is 1100. The van der Waals surface area contributed by atoms with Crippen molar-refractivity contribution in [2.24, 2.45) is 0 Å². The van der Waals surface area contributed by atoms with Gasteiger partial charge in [0.05, 0.1) is 6.10 Å². The summed E-state index contributed by atoms with van der Waals surface area (Å²) in [5, 5.41) is 21.7. The molecule has 0 spiro atoms. The Morgan fingerprint density at radius 1 is 1.09 bits per heavy atom. The Balaban J connectivity index is 1.45. The third-order valence-electron chi connectivity index (χ3n) is 7.63. The molecule has 1 saturated carbocycles. The molecule has 4 N–H and O–H groups in total. The van der Waals surface area contributed by atoms with E-state index in [-0.39, 0.29) is 6.10 Å². The number of anilines is 2. The molecule has 35 heavy (non-hydrogen) atoms. The predicted octanol–water partition coefficient (Wildman–Crippen LogP) is 5.34. The molecule has 7 heteroatoms. The number of nitrogens with one attached hydrogen (secondary N) is 3. The Kier molecular flexibility index (Phi) is 7.54. The topological polar surface area (TPSA) is 87.0 Å². The zero-order valence-electron chi connectivity index (χ0n) is 21.1. The summed E-state index contributed by atoms with van der Waals surface area (Å²) in [6.07, 6.45) is 12.3. The van der Waals surface area contributed by atoms with Crippen molar-refractivity contribution < 1.29 is 5.11 Å². The maximum Gasteiger partial charge on any atom is 0.224 e. The third-order valence-corrected chi connectivity index (χ3v) is 7.63. The van der Waals surface area contributed by atoms with Crippen molar-refractivity contribution >= 4 is 22.7 Å². The molecule has 3 heterocycles. The fourth-order valence-corrected chi connectivity index (χ4v) is 5.62. The largest absolute Gasteiger partial charge is 0.393 e. The van der Waals surface area contributed by atoms with Gasteiger partial charge in [-0.25, -0.2) is 4.98 Å². The van der Waals surface area contributed by atoms with E-state index in [9.17, 15) is 5.11 Å². The van der Waals surface area contributed by atoms with Crippen LogP contribution in [0.5, 0.6) is 0 Å². The quantitative estimate of drug-likeness (QED) is 0.351. The van der Waals surface area contributed by atoms with Crippen LogP contribution in [-0.4, -0.2) is 50.9 Å². The lowest BCUT2D eigenvalue weighted by molar-refractivity contribution is 0.111. The number of fused-ring (bicyclic) bond motifs is 1. The average Bonchev–Trinajstić information content (AvgIpc) is 3.24. The van der Waals surface area contributed by atoms with E-state index >= 15 is 0 Å². The van der Waals surface area contributed by atoms with Crippen molar-refractivity contribution in [1.82, 2.24) is 19.9 Å². The summed E-state index contributed by atoms with van der Waals surface area (Å²) >= 11 is 0. The highest BCUT2D eigenvalue weighted by Crippen LogP contribution is 2.37. The number of piperidine rings is 1. The molecule has 1 atom stereocenters. The number of hydrogen-bond acceptors (Lipinski definition) is 6. The SMILES string of the molecule is CCC[C@H](C)Nc1ncc2c(-c3ccc(NC4CCNCC4)cc3)cn(C3CCC(O)CC3)c2n1. The van der Waals surface area contributed by atoms with Gasteiger partial charge in [-0.2, -0.15) is 4.98 Å². The minimum absolute atomic E-state index is 0.172. The lowest BCUT2D eigenvalue weighted by atomic mass is 9.93. The molecule has 7 nitrogen and oxygen atoms in total. The maximum atomic E-state index is 10.1. The van der Waals surface area contributed by atoms with Crippen LogP contribution in [0.3, 0.4) is 0 Å². The van der Waals surface area contributed by atoms with E-state index in [2.05, 4.69) is 69.8 Å². The van der Waals surface area contributed by atoms with Gasteiger partial charge in [-0.1, -0.05) is 25.5 Å². The number of hydrogen-bond donors (Lipinski definition) is 4. The van der Waals surface area contributed by atoms with Gasteiger partial charge in [-0.3, -0.25) is 0 Å². The smallest absolute Gasteiger partial charge is 0.224 e. The van der Waals surface area contributed by atoms with Crippen molar-refractivity contribution in [3.05, 3.63) is 36.7 Å². The highest BCUT2D eigenvalue weighted by Gasteiger charge is 2.24. The van der Waals surface area contributed by atoms with Gasteiger partial charge in [-0.15, -0.1) is 0 Å². The Morgan fingerprint density at radius 3 is 2.54 bits per heavy atom. The van der Waals surface area contributed by atoms with Gasteiger partial charge in [0, 0.05) is 47.2 Å². The second-order valence-electron chi connectivity index (χ2n) is 10.4. The molecule has 188 valence electrons. The molecular weight excluding hydrogens is 436 g/mol. The molecule has 2 fully saturated rings. The predicted molar refractivity (Wildman–Crippen MR) is 144 cm³/mol. The van der Waals surface area contributed by atoms with Crippen molar-refractivity contribution in [2.45, 2.75) is 89.4 Å². The van der Waals surface area contributed by atoms with Crippen LogP contribution in [-0.2, 0) is 0 Å². The molecule has 2 aliphatic rings. The first-order valence-electron chi connectivity index (χ1n) is 13.5. The van der Waals surface area contributed by atoms with Gasteiger partial charge in [0.2, 0.25) is 5.95 Å². The monoisotopic (exact) mass is 476 g/mol. The summed E-state index contributed by atoms with van der Waals surface area (Å²) < 4.78 is 2.34. The van der Waals surface area contributed by atoms with E-state index in [0.29, 0.717) is 24.1 Å². The standard InChI is InChI=1S/C28H40N6O/c1-3-4-19(2)31-28-30-17-25-26(18-34(27(25)33-28)23-9-11-24(35)12-10-23)20-5-7-21(8-6-20)32-22-13-15-29-16-14-22/h5-8,17-19,22-24,29,32,35H,3-4,9-16H2,1-2H3,(H,30,31,33)/t19-,23?,24?/m0/s1. The summed E-state index contributed by atoms with van der Waals surface area (Å²) in [7, 11) is 0. The zero-order chi connectivity index (χ0) is 24.2. The fourth-order valence-electron chi connectivity index (χ4n) is 5.62. The number of rotatable bonds is 8. The zero-order valence-corrected chi connectivity index (χ0v) is 21.1. The van der Waals surface area contributed by atoms with E-state index in [1.165, 1.54) is 16.8 Å². The van der Waals surface area contributed by atoms with Crippen molar-refractivity contribution in [2.75, 3.05) is 23.7 Å². The lowest BCUT2D eigenvalue weighted by Gasteiger charge is -2.27. The van der Waals surface area contributed by atoms with Crippen LogP contribution < -0.4 is 16.0 Å². The number of aromatic nitrogens is 3. The molecule has 0 bridgehead atoms. The van der Waals surface area contributed by atoms with Crippen molar-refractivity contribution in [3.63, 3.8) is 0 Å². The van der Waals surface area contributed by atoms with Gasteiger partial charge in [0.15, 0.2) is 0 Å². The normalized spacial score (nSPS) is 22.3.